The summed E-state index contributed by atoms with van der Waals surface area (Å²) in [6.45, 7) is 5.37. The van der Waals surface area contributed by atoms with Crippen LogP contribution in [0.4, 0.5) is 5.69 Å². The quantitative estimate of drug-likeness (QED) is 0.892. The van der Waals surface area contributed by atoms with Gasteiger partial charge in [0.25, 0.3) is 0 Å². The van der Waals surface area contributed by atoms with Crippen LogP contribution in [0.25, 0.3) is 0 Å². The number of carboxylic acid groups (broad SMARTS) is 1. The number of hydrogen-bond acceptors (Lipinski definition) is 3. The molecule has 0 aliphatic carbocycles. The number of hydrogen-bond donors (Lipinski definition) is 2. The Bertz CT molecular complexity index is 494. The summed E-state index contributed by atoms with van der Waals surface area (Å²) < 4.78 is 5.31. The van der Waals surface area contributed by atoms with Crippen molar-refractivity contribution in [3.63, 3.8) is 0 Å². The number of amides is 1. The Morgan fingerprint density at radius 2 is 2.00 bits per heavy atom. The number of carbonyl (C=O) groups excluding carboxylic acids is 1. The van der Waals surface area contributed by atoms with Crippen LogP contribution < -0.4 is 5.32 Å². The van der Waals surface area contributed by atoms with Gasteiger partial charge in [-0.05, 0) is 39.0 Å². The van der Waals surface area contributed by atoms with E-state index in [1.807, 2.05) is 20.8 Å². The first-order valence-electron chi connectivity index (χ1n) is 5.66. The predicted molar refractivity (Wildman–Crippen MR) is 72.7 cm³/mol. The number of aromatic carboxylic acids is 1. The Hall–Kier alpha value is -1.59. The van der Waals surface area contributed by atoms with Gasteiger partial charge in [0.05, 0.1) is 21.9 Å². The van der Waals surface area contributed by atoms with Crippen LogP contribution in [0.15, 0.2) is 18.2 Å². The molecule has 6 heteroatoms. The number of anilines is 1. The lowest BCUT2D eigenvalue weighted by atomic mass is 10.2. The first kappa shape index (κ1) is 15.5. The maximum absolute atomic E-state index is 11.7. The molecule has 5 nitrogen and oxygen atoms in total. The van der Waals surface area contributed by atoms with E-state index in [4.69, 9.17) is 21.4 Å². The van der Waals surface area contributed by atoms with Gasteiger partial charge in [0.2, 0.25) is 5.91 Å². The van der Waals surface area contributed by atoms with E-state index in [0.29, 0.717) is 0 Å². The standard InChI is InChI=1S/C13H16ClNO4/c1-13(2,3)19-7-11(16)15-10-6-8(12(17)18)4-5-9(10)14/h4-6H,7H2,1-3H3,(H,15,16)(H,17,18). The molecule has 104 valence electrons. The lowest BCUT2D eigenvalue weighted by Gasteiger charge is -2.19. The van der Waals surface area contributed by atoms with Crippen LogP contribution in [0.3, 0.4) is 0 Å². The highest BCUT2D eigenvalue weighted by Crippen LogP contribution is 2.23. The highest BCUT2D eigenvalue weighted by molar-refractivity contribution is 6.33. The van der Waals surface area contributed by atoms with Crippen LogP contribution in [0.1, 0.15) is 31.1 Å². The van der Waals surface area contributed by atoms with Crippen LogP contribution in [-0.2, 0) is 9.53 Å². The van der Waals surface area contributed by atoms with Crippen molar-refractivity contribution in [3.05, 3.63) is 28.8 Å². The third kappa shape index (κ3) is 5.28. The summed E-state index contributed by atoms with van der Waals surface area (Å²) in [7, 11) is 0. The molecule has 0 aromatic heterocycles. The van der Waals surface area contributed by atoms with Crippen LogP contribution in [0, 0.1) is 0 Å². The predicted octanol–water partition coefficient (Wildman–Crippen LogP) is 2.79. The smallest absolute Gasteiger partial charge is 0.335 e. The van der Waals surface area contributed by atoms with E-state index in [1.165, 1.54) is 18.2 Å². The van der Waals surface area contributed by atoms with E-state index in [2.05, 4.69) is 5.32 Å². The minimum absolute atomic E-state index is 0.0523. The molecule has 1 amide bonds. The second kappa shape index (κ2) is 6.04. The lowest BCUT2D eigenvalue weighted by Crippen LogP contribution is -2.27. The molecule has 0 heterocycles. The third-order valence-corrected chi connectivity index (χ3v) is 2.45. The molecule has 1 rings (SSSR count). The fraction of sp³-hybridized carbons (Fsp3) is 0.385. The summed E-state index contributed by atoms with van der Waals surface area (Å²) in [6.07, 6.45) is 0. The number of nitrogens with one attached hydrogen (secondary N) is 1. The molecule has 2 N–H and O–H groups in total. The van der Waals surface area contributed by atoms with Crippen molar-refractivity contribution in [2.24, 2.45) is 0 Å². The van der Waals surface area contributed by atoms with Gasteiger partial charge in [0, 0.05) is 0 Å². The van der Waals surface area contributed by atoms with Crippen molar-refractivity contribution in [1.82, 2.24) is 0 Å². The van der Waals surface area contributed by atoms with E-state index in [1.54, 1.807) is 0 Å². The minimum atomic E-state index is -1.09. The highest BCUT2D eigenvalue weighted by atomic mass is 35.5. The molecular formula is C13H16ClNO4. The summed E-state index contributed by atoms with van der Waals surface area (Å²) in [5, 5.41) is 11.7. The van der Waals surface area contributed by atoms with Gasteiger partial charge in [-0.1, -0.05) is 11.6 Å². The van der Waals surface area contributed by atoms with Gasteiger partial charge < -0.3 is 15.2 Å². The monoisotopic (exact) mass is 285 g/mol. The zero-order valence-corrected chi connectivity index (χ0v) is 11.7. The molecule has 0 fully saturated rings. The molecular weight excluding hydrogens is 270 g/mol. The van der Waals surface area contributed by atoms with Gasteiger partial charge in [-0.3, -0.25) is 4.79 Å². The molecule has 1 aromatic carbocycles. The van der Waals surface area contributed by atoms with Crippen LogP contribution >= 0.6 is 11.6 Å². The molecule has 0 saturated heterocycles. The van der Waals surface area contributed by atoms with E-state index in [9.17, 15) is 9.59 Å². The van der Waals surface area contributed by atoms with Gasteiger partial charge in [0.1, 0.15) is 6.61 Å². The SMILES string of the molecule is CC(C)(C)OCC(=O)Nc1cc(C(=O)O)ccc1Cl. The van der Waals surface area contributed by atoms with E-state index >= 15 is 0 Å². The van der Waals surface area contributed by atoms with Crippen molar-refractivity contribution in [1.29, 1.82) is 0 Å². The highest BCUT2D eigenvalue weighted by Gasteiger charge is 2.14. The van der Waals surface area contributed by atoms with Gasteiger partial charge in [-0.2, -0.15) is 0 Å². The average molecular weight is 286 g/mol. The van der Waals surface area contributed by atoms with Crippen LogP contribution in [-0.4, -0.2) is 29.2 Å². The summed E-state index contributed by atoms with van der Waals surface area (Å²) in [4.78, 5) is 22.5. The lowest BCUT2D eigenvalue weighted by molar-refractivity contribution is -0.125. The number of benzene rings is 1. The van der Waals surface area contributed by atoms with E-state index in [0.717, 1.165) is 0 Å². The Kier molecular flexibility index (Phi) is 4.91. The molecule has 0 atom stereocenters. The average Bonchev–Trinajstić information content (AvgIpc) is 2.28. The fourth-order valence-corrected chi connectivity index (χ4v) is 1.39. The maximum atomic E-state index is 11.7. The van der Waals surface area contributed by atoms with Crippen LogP contribution in [0.2, 0.25) is 5.02 Å². The van der Waals surface area contributed by atoms with Crippen LogP contribution in [0.5, 0.6) is 0 Å². The molecule has 0 aliphatic heterocycles. The van der Waals surface area contributed by atoms with Crippen molar-refractivity contribution < 1.29 is 19.4 Å². The zero-order valence-electron chi connectivity index (χ0n) is 11.0. The minimum Gasteiger partial charge on any atom is -0.478 e. The number of carboxylic acids is 1. The number of rotatable bonds is 4. The topological polar surface area (TPSA) is 75.6 Å². The van der Waals surface area contributed by atoms with Gasteiger partial charge in [0.15, 0.2) is 0 Å². The maximum Gasteiger partial charge on any atom is 0.335 e. The Balaban J connectivity index is 2.73. The summed E-state index contributed by atoms with van der Waals surface area (Å²) in [5.74, 6) is -1.47. The largest absolute Gasteiger partial charge is 0.478 e. The molecule has 0 spiro atoms. The van der Waals surface area contributed by atoms with Crippen molar-refractivity contribution in [2.75, 3.05) is 11.9 Å². The zero-order chi connectivity index (χ0) is 14.6. The van der Waals surface area contributed by atoms with Gasteiger partial charge in [-0.15, -0.1) is 0 Å². The summed E-state index contributed by atoms with van der Waals surface area (Å²) in [5.41, 5.74) is -0.121. The molecule has 0 bridgehead atoms. The summed E-state index contributed by atoms with van der Waals surface area (Å²) in [6, 6.07) is 4.09. The van der Waals surface area contributed by atoms with E-state index < -0.39 is 11.6 Å². The number of ether oxygens (including phenoxy) is 1. The second-order valence-electron chi connectivity index (χ2n) is 4.95. The molecule has 1 aromatic rings. The number of carbonyl (C=O) groups is 2. The molecule has 0 unspecified atom stereocenters. The first-order chi connectivity index (χ1) is 8.69. The van der Waals surface area contributed by atoms with Gasteiger partial charge in [-0.25, -0.2) is 4.79 Å². The van der Waals surface area contributed by atoms with Gasteiger partial charge >= 0.3 is 5.97 Å². The molecule has 0 radical (unpaired) electrons. The Morgan fingerprint density at radius 3 is 2.53 bits per heavy atom. The fourth-order valence-electron chi connectivity index (χ4n) is 1.22. The molecule has 0 saturated carbocycles. The molecule has 19 heavy (non-hydrogen) atoms. The first-order valence-corrected chi connectivity index (χ1v) is 6.03. The normalized spacial score (nSPS) is 11.2. The third-order valence-electron chi connectivity index (χ3n) is 2.12. The van der Waals surface area contributed by atoms with Crippen molar-refractivity contribution in [3.8, 4) is 0 Å². The molecule has 0 aliphatic rings. The van der Waals surface area contributed by atoms with Crippen molar-refractivity contribution in [2.45, 2.75) is 26.4 Å². The Labute approximate surface area is 116 Å². The Morgan fingerprint density at radius 1 is 1.37 bits per heavy atom. The van der Waals surface area contributed by atoms with E-state index in [-0.39, 0.29) is 28.8 Å². The van der Waals surface area contributed by atoms with Crippen molar-refractivity contribution >= 4 is 29.2 Å². The second-order valence-corrected chi connectivity index (χ2v) is 5.36. The number of halogens is 1. The summed E-state index contributed by atoms with van der Waals surface area (Å²) >= 11 is 5.89.